The highest BCUT2D eigenvalue weighted by Crippen LogP contribution is 2.44. The maximum absolute atomic E-state index is 13.3. The molecule has 1 aliphatic carbocycles. The summed E-state index contributed by atoms with van der Waals surface area (Å²) in [4.78, 5) is 0. The molecule has 0 aliphatic heterocycles. The lowest BCUT2D eigenvalue weighted by atomic mass is 9.64. The van der Waals surface area contributed by atoms with Crippen LogP contribution in [0.3, 0.4) is 0 Å². The van der Waals surface area contributed by atoms with Gasteiger partial charge < -0.3 is 14.8 Å². The highest BCUT2D eigenvalue weighted by atomic mass is 19.1. The topological polar surface area (TPSA) is 30.5 Å². The van der Waals surface area contributed by atoms with E-state index in [0.717, 1.165) is 18.7 Å². The standard InChI is InChI=1S/C15H22FNO2/c1-5-19-14-9-13(15(14,2)3)17-10-6-7-11(16)12(8-10)18-4/h6-8,13-14,17H,5,9H2,1-4H3. The smallest absolute Gasteiger partial charge is 0.165 e. The molecule has 3 nitrogen and oxygen atoms in total. The van der Waals surface area contributed by atoms with E-state index in [4.69, 9.17) is 9.47 Å². The van der Waals surface area contributed by atoms with E-state index in [-0.39, 0.29) is 23.1 Å². The molecule has 1 N–H and O–H groups in total. The summed E-state index contributed by atoms with van der Waals surface area (Å²) >= 11 is 0. The van der Waals surface area contributed by atoms with Gasteiger partial charge in [0.25, 0.3) is 0 Å². The Morgan fingerprint density at radius 2 is 2.16 bits per heavy atom. The minimum Gasteiger partial charge on any atom is -0.494 e. The Labute approximate surface area is 114 Å². The van der Waals surface area contributed by atoms with E-state index in [1.807, 2.05) is 6.92 Å². The first-order valence-electron chi connectivity index (χ1n) is 6.70. The first kappa shape index (κ1) is 14.1. The number of nitrogens with one attached hydrogen (secondary N) is 1. The van der Waals surface area contributed by atoms with E-state index < -0.39 is 0 Å². The van der Waals surface area contributed by atoms with Gasteiger partial charge in [-0.2, -0.15) is 0 Å². The van der Waals surface area contributed by atoms with Gasteiger partial charge in [0.1, 0.15) is 0 Å². The van der Waals surface area contributed by atoms with Crippen LogP contribution in [-0.2, 0) is 4.74 Å². The van der Waals surface area contributed by atoms with Crippen molar-refractivity contribution in [3.05, 3.63) is 24.0 Å². The first-order valence-corrected chi connectivity index (χ1v) is 6.70. The number of ether oxygens (including phenoxy) is 2. The number of hydrogen-bond donors (Lipinski definition) is 1. The summed E-state index contributed by atoms with van der Waals surface area (Å²) < 4.78 is 24.0. The molecule has 2 rings (SSSR count). The van der Waals surface area contributed by atoms with Crippen LogP contribution in [0.15, 0.2) is 18.2 Å². The van der Waals surface area contributed by atoms with Gasteiger partial charge in [0.15, 0.2) is 11.6 Å². The molecule has 1 aromatic rings. The van der Waals surface area contributed by atoms with Crippen LogP contribution < -0.4 is 10.1 Å². The van der Waals surface area contributed by atoms with Gasteiger partial charge in [-0.15, -0.1) is 0 Å². The molecular formula is C15H22FNO2. The van der Waals surface area contributed by atoms with Crippen LogP contribution in [-0.4, -0.2) is 25.9 Å². The van der Waals surface area contributed by atoms with Gasteiger partial charge in [-0.1, -0.05) is 13.8 Å². The second-order valence-electron chi connectivity index (χ2n) is 5.55. The van der Waals surface area contributed by atoms with Gasteiger partial charge in [-0.3, -0.25) is 0 Å². The lowest BCUT2D eigenvalue weighted by molar-refractivity contribution is -0.0975. The second kappa shape index (κ2) is 5.37. The first-order chi connectivity index (χ1) is 8.98. The Morgan fingerprint density at radius 3 is 2.74 bits per heavy atom. The minimum absolute atomic E-state index is 0.0810. The summed E-state index contributed by atoms with van der Waals surface area (Å²) in [6.45, 7) is 7.14. The average Bonchev–Trinajstić information content (AvgIpc) is 2.39. The number of halogens is 1. The molecule has 1 fully saturated rings. The van der Waals surface area contributed by atoms with Crippen molar-refractivity contribution in [3.63, 3.8) is 0 Å². The number of anilines is 1. The van der Waals surface area contributed by atoms with Crippen molar-refractivity contribution in [1.82, 2.24) is 0 Å². The van der Waals surface area contributed by atoms with Crippen molar-refractivity contribution in [1.29, 1.82) is 0 Å². The Hall–Kier alpha value is -1.29. The molecule has 0 saturated heterocycles. The fraction of sp³-hybridized carbons (Fsp3) is 0.600. The predicted octanol–water partition coefficient (Wildman–Crippen LogP) is 3.45. The number of methoxy groups -OCH3 is 1. The molecular weight excluding hydrogens is 245 g/mol. The summed E-state index contributed by atoms with van der Waals surface area (Å²) in [5, 5.41) is 3.43. The molecule has 0 radical (unpaired) electrons. The summed E-state index contributed by atoms with van der Waals surface area (Å²) in [5.41, 5.74) is 0.962. The van der Waals surface area contributed by atoms with Gasteiger partial charge in [-0.25, -0.2) is 4.39 Å². The SMILES string of the molecule is CCOC1CC(Nc2ccc(F)c(OC)c2)C1(C)C. The molecule has 2 atom stereocenters. The van der Waals surface area contributed by atoms with Crippen LogP contribution in [0, 0.1) is 11.2 Å². The quantitative estimate of drug-likeness (QED) is 0.886. The number of benzene rings is 1. The molecule has 2 unspecified atom stereocenters. The molecule has 0 heterocycles. The van der Waals surface area contributed by atoms with Crippen molar-refractivity contribution in [2.75, 3.05) is 19.0 Å². The van der Waals surface area contributed by atoms with E-state index in [0.29, 0.717) is 6.04 Å². The van der Waals surface area contributed by atoms with Crippen LogP contribution in [0.1, 0.15) is 27.2 Å². The lowest BCUT2D eigenvalue weighted by Gasteiger charge is -2.52. The summed E-state index contributed by atoms with van der Waals surface area (Å²) in [6, 6.07) is 5.19. The largest absolute Gasteiger partial charge is 0.494 e. The molecule has 19 heavy (non-hydrogen) atoms. The van der Waals surface area contributed by atoms with Crippen LogP contribution in [0.25, 0.3) is 0 Å². The molecule has 0 amide bonds. The molecule has 1 saturated carbocycles. The van der Waals surface area contributed by atoms with Crippen LogP contribution in [0.4, 0.5) is 10.1 Å². The van der Waals surface area contributed by atoms with Crippen LogP contribution >= 0.6 is 0 Å². The van der Waals surface area contributed by atoms with Gasteiger partial charge >= 0.3 is 0 Å². The van der Waals surface area contributed by atoms with E-state index in [1.54, 1.807) is 12.1 Å². The zero-order valence-electron chi connectivity index (χ0n) is 12.0. The predicted molar refractivity (Wildman–Crippen MR) is 74.2 cm³/mol. The Morgan fingerprint density at radius 1 is 1.42 bits per heavy atom. The van der Waals surface area contributed by atoms with E-state index in [9.17, 15) is 4.39 Å². The Kier molecular flexibility index (Phi) is 3.99. The van der Waals surface area contributed by atoms with E-state index in [1.165, 1.54) is 13.2 Å². The highest BCUT2D eigenvalue weighted by Gasteiger charge is 2.48. The molecule has 106 valence electrons. The van der Waals surface area contributed by atoms with Crippen LogP contribution in [0.5, 0.6) is 5.75 Å². The van der Waals surface area contributed by atoms with E-state index >= 15 is 0 Å². The molecule has 0 aromatic heterocycles. The van der Waals surface area contributed by atoms with Gasteiger partial charge in [0.2, 0.25) is 0 Å². The minimum atomic E-state index is -0.340. The third-order valence-corrected chi connectivity index (χ3v) is 4.04. The normalized spacial score (nSPS) is 24.7. The van der Waals surface area contributed by atoms with Crippen molar-refractivity contribution in [2.24, 2.45) is 5.41 Å². The zero-order chi connectivity index (χ0) is 14.0. The molecule has 4 heteroatoms. The summed E-state index contributed by atoms with van der Waals surface area (Å²) in [7, 11) is 1.47. The zero-order valence-corrected chi connectivity index (χ0v) is 12.0. The summed E-state index contributed by atoms with van der Waals surface area (Å²) in [5.74, 6) is -0.0726. The fourth-order valence-electron chi connectivity index (χ4n) is 2.57. The average molecular weight is 267 g/mol. The Bertz CT molecular complexity index is 448. The fourth-order valence-corrected chi connectivity index (χ4v) is 2.57. The summed E-state index contributed by atoms with van der Waals surface area (Å²) in [6.07, 6.45) is 1.26. The maximum Gasteiger partial charge on any atom is 0.165 e. The van der Waals surface area contributed by atoms with Crippen molar-refractivity contribution in [2.45, 2.75) is 39.3 Å². The monoisotopic (exact) mass is 267 g/mol. The third kappa shape index (κ3) is 2.68. The second-order valence-corrected chi connectivity index (χ2v) is 5.55. The number of rotatable bonds is 5. The third-order valence-electron chi connectivity index (χ3n) is 4.04. The van der Waals surface area contributed by atoms with Gasteiger partial charge in [0, 0.05) is 29.8 Å². The van der Waals surface area contributed by atoms with Gasteiger partial charge in [-0.05, 0) is 25.5 Å². The Balaban J connectivity index is 2.03. The lowest BCUT2D eigenvalue weighted by Crippen LogP contribution is -2.58. The highest BCUT2D eigenvalue weighted by molar-refractivity contribution is 5.50. The van der Waals surface area contributed by atoms with Crippen LogP contribution in [0.2, 0.25) is 0 Å². The van der Waals surface area contributed by atoms with Crippen molar-refractivity contribution in [3.8, 4) is 5.75 Å². The molecule has 0 spiro atoms. The van der Waals surface area contributed by atoms with E-state index in [2.05, 4.69) is 19.2 Å². The van der Waals surface area contributed by atoms with Crippen molar-refractivity contribution < 1.29 is 13.9 Å². The molecule has 0 bridgehead atoms. The van der Waals surface area contributed by atoms with Crippen molar-refractivity contribution >= 4 is 5.69 Å². The maximum atomic E-state index is 13.3. The molecule has 1 aromatic carbocycles. The molecule has 1 aliphatic rings. The van der Waals surface area contributed by atoms with Gasteiger partial charge in [0.05, 0.1) is 13.2 Å². The number of hydrogen-bond acceptors (Lipinski definition) is 3.